The highest BCUT2D eigenvalue weighted by atomic mass is 79.9. The summed E-state index contributed by atoms with van der Waals surface area (Å²) in [6.45, 7) is 4.39. The van der Waals surface area contributed by atoms with Crippen LogP contribution in [-0.4, -0.2) is 17.2 Å². The highest BCUT2D eigenvalue weighted by Gasteiger charge is 1.96. The first kappa shape index (κ1) is 13.1. The minimum absolute atomic E-state index is 0.518. The number of allylic oxidation sites excluding steroid dienone is 3. The summed E-state index contributed by atoms with van der Waals surface area (Å²) in [5.74, 6) is 0. The smallest absolute Gasteiger partial charge is 0.0286 e. The fourth-order valence-electron chi connectivity index (χ4n) is 0.731. The molecular weight excluding hydrogens is 294 g/mol. The lowest BCUT2D eigenvalue weighted by molar-refractivity contribution is 1.15. The molecule has 0 bridgehead atoms. The van der Waals surface area contributed by atoms with Gasteiger partial charge in [-0.3, -0.25) is 0 Å². The van der Waals surface area contributed by atoms with E-state index in [1.54, 1.807) is 0 Å². The topological polar surface area (TPSA) is 26.0 Å². The first-order valence-electron chi connectivity index (χ1n) is 4.12. The molecule has 0 aromatic heterocycles. The quantitative estimate of drug-likeness (QED) is 0.592. The molecule has 0 saturated heterocycles. The maximum atomic E-state index is 5.49. The van der Waals surface area contributed by atoms with E-state index < -0.39 is 0 Å². The first-order valence-corrected chi connectivity index (χ1v) is 6.36. The average Bonchev–Trinajstić information content (AvgIpc) is 2.17. The molecule has 0 unspecified atom stereocenters. The molecule has 0 aromatic carbocycles. The van der Waals surface area contributed by atoms with Crippen LogP contribution in [-0.2, 0) is 0 Å². The van der Waals surface area contributed by atoms with Gasteiger partial charge in [0, 0.05) is 17.2 Å². The standard InChI is InChI=1S/C10H15Br2N/c1-9(8-13)10(7-12)5-3-2-4-6-11/h2-3,5H,1,4,6-8,13H2/b3-2-,10-5-. The number of hydrogen-bond acceptors (Lipinski definition) is 1. The zero-order valence-corrected chi connectivity index (χ0v) is 10.8. The van der Waals surface area contributed by atoms with Crippen LogP contribution in [0, 0.1) is 0 Å². The second-order valence-corrected chi connectivity index (χ2v) is 3.89. The van der Waals surface area contributed by atoms with E-state index in [2.05, 4.69) is 44.5 Å². The van der Waals surface area contributed by atoms with Crippen LogP contribution in [0.15, 0.2) is 36.0 Å². The Balaban J connectivity index is 4.14. The van der Waals surface area contributed by atoms with Crippen molar-refractivity contribution in [3.05, 3.63) is 36.0 Å². The number of alkyl halides is 2. The van der Waals surface area contributed by atoms with Crippen LogP contribution in [0.2, 0.25) is 0 Å². The summed E-state index contributed by atoms with van der Waals surface area (Å²) in [5.41, 5.74) is 7.63. The number of hydrogen-bond donors (Lipinski definition) is 1. The largest absolute Gasteiger partial charge is 0.327 e. The molecule has 0 aromatic rings. The van der Waals surface area contributed by atoms with Crippen LogP contribution >= 0.6 is 31.9 Å². The Bertz CT molecular complexity index is 207. The van der Waals surface area contributed by atoms with Gasteiger partial charge in [0.05, 0.1) is 0 Å². The van der Waals surface area contributed by atoms with Crippen molar-refractivity contribution >= 4 is 31.9 Å². The van der Waals surface area contributed by atoms with Crippen LogP contribution < -0.4 is 5.73 Å². The molecule has 0 radical (unpaired) electrons. The summed E-state index contributed by atoms with van der Waals surface area (Å²) >= 11 is 6.76. The molecule has 0 aliphatic rings. The predicted octanol–water partition coefficient (Wildman–Crippen LogP) is 3.16. The Labute approximate surface area is 97.0 Å². The van der Waals surface area contributed by atoms with Gasteiger partial charge < -0.3 is 5.73 Å². The van der Waals surface area contributed by atoms with Crippen LogP contribution in [0.3, 0.4) is 0 Å². The molecular formula is C10H15Br2N. The third kappa shape index (κ3) is 6.24. The van der Waals surface area contributed by atoms with Crippen molar-refractivity contribution in [2.75, 3.05) is 17.2 Å². The van der Waals surface area contributed by atoms with E-state index in [0.717, 1.165) is 28.2 Å². The van der Waals surface area contributed by atoms with E-state index in [0.29, 0.717) is 6.54 Å². The lowest BCUT2D eigenvalue weighted by Crippen LogP contribution is -2.04. The van der Waals surface area contributed by atoms with Crippen molar-refractivity contribution < 1.29 is 0 Å². The van der Waals surface area contributed by atoms with Gasteiger partial charge in [0.1, 0.15) is 0 Å². The fraction of sp³-hybridized carbons (Fsp3) is 0.400. The van der Waals surface area contributed by atoms with E-state index in [1.807, 2.05) is 12.2 Å². The van der Waals surface area contributed by atoms with Crippen molar-refractivity contribution in [3.8, 4) is 0 Å². The molecule has 13 heavy (non-hydrogen) atoms. The number of nitrogens with two attached hydrogens (primary N) is 1. The molecule has 2 N–H and O–H groups in total. The maximum Gasteiger partial charge on any atom is 0.0286 e. The van der Waals surface area contributed by atoms with Crippen LogP contribution in [0.4, 0.5) is 0 Å². The second-order valence-electron chi connectivity index (χ2n) is 2.54. The summed E-state index contributed by atoms with van der Waals surface area (Å²) in [4.78, 5) is 0. The molecule has 1 nitrogen and oxygen atoms in total. The summed E-state index contributed by atoms with van der Waals surface area (Å²) in [6, 6.07) is 0. The van der Waals surface area contributed by atoms with Crippen molar-refractivity contribution in [3.63, 3.8) is 0 Å². The van der Waals surface area contributed by atoms with E-state index in [9.17, 15) is 0 Å². The highest BCUT2D eigenvalue weighted by molar-refractivity contribution is 9.09. The molecule has 0 aliphatic heterocycles. The summed E-state index contributed by atoms with van der Waals surface area (Å²) in [5, 5.41) is 1.81. The summed E-state index contributed by atoms with van der Waals surface area (Å²) in [6.07, 6.45) is 7.24. The van der Waals surface area contributed by atoms with Crippen LogP contribution in [0.5, 0.6) is 0 Å². The van der Waals surface area contributed by atoms with Gasteiger partial charge in [-0.1, -0.05) is 56.7 Å². The molecule has 0 atom stereocenters. The predicted molar refractivity (Wildman–Crippen MR) is 67.6 cm³/mol. The SMILES string of the molecule is C=C(CN)/C(=C\C=C/CCBr)CBr. The molecule has 74 valence electrons. The number of rotatable bonds is 6. The lowest BCUT2D eigenvalue weighted by Gasteiger charge is -2.02. The van der Waals surface area contributed by atoms with E-state index in [-0.39, 0.29) is 0 Å². The average molecular weight is 309 g/mol. The molecule has 0 amide bonds. The van der Waals surface area contributed by atoms with E-state index in [4.69, 9.17) is 5.73 Å². The van der Waals surface area contributed by atoms with Gasteiger partial charge in [0.15, 0.2) is 0 Å². The molecule has 0 fully saturated rings. The van der Waals surface area contributed by atoms with Gasteiger partial charge in [-0.15, -0.1) is 0 Å². The third-order valence-electron chi connectivity index (χ3n) is 1.55. The maximum absolute atomic E-state index is 5.49. The minimum atomic E-state index is 0.518. The van der Waals surface area contributed by atoms with Crippen molar-refractivity contribution in [1.29, 1.82) is 0 Å². The Hall–Kier alpha value is 0.140. The van der Waals surface area contributed by atoms with E-state index in [1.165, 1.54) is 0 Å². The van der Waals surface area contributed by atoms with Gasteiger partial charge in [-0.05, 0) is 17.6 Å². The van der Waals surface area contributed by atoms with Gasteiger partial charge >= 0.3 is 0 Å². The summed E-state index contributed by atoms with van der Waals surface area (Å²) in [7, 11) is 0. The molecule has 0 spiro atoms. The van der Waals surface area contributed by atoms with Crippen molar-refractivity contribution in [1.82, 2.24) is 0 Å². The Kier molecular flexibility index (Phi) is 8.82. The molecule has 0 heterocycles. The second kappa shape index (κ2) is 8.73. The van der Waals surface area contributed by atoms with E-state index >= 15 is 0 Å². The summed E-state index contributed by atoms with van der Waals surface area (Å²) < 4.78 is 0. The van der Waals surface area contributed by atoms with Gasteiger partial charge in [0.25, 0.3) is 0 Å². The highest BCUT2D eigenvalue weighted by Crippen LogP contribution is 2.09. The number of halogens is 2. The Morgan fingerprint density at radius 1 is 1.38 bits per heavy atom. The van der Waals surface area contributed by atoms with Gasteiger partial charge in [-0.2, -0.15) is 0 Å². The van der Waals surface area contributed by atoms with Crippen LogP contribution in [0.1, 0.15) is 6.42 Å². The zero-order chi connectivity index (χ0) is 10.1. The third-order valence-corrected chi connectivity index (χ3v) is 2.62. The monoisotopic (exact) mass is 307 g/mol. The molecule has 0 saturated carbocycles. The van der Waals surface area contributed by atoms with Crippen molar-refractivity contribution in [2.24, 2.45) is 5.73 Å². The first-order chi connectivity index (χ1) is 6.26. The normalized spacial score (nSPS) is 12.4. The minimum Gasteiger partial charge on any atom is -0.327 e. The van der Waals surface area contributed by atoms with Crippen LogP contribution in [0.25, 0.3) is 0 Å². The van der Waals surface area contributed by atoms with Crippen molar-refractivity contribution in [2.45, 2.75) is 6.42 Å². The Morgan fingerprint density at radius 3 is 2.54 bits per heavy atom. The molecule has 0 aliphatic carbocycles. The Morgan fingerprint density at radius 2 is 2.08 bits per heavy atom. The van der Waals surface area contributed by atoms with Gasteiger partial charge in [-0.25, -0.2) is 0 Å². The zero-order valence-electron chi connectivity index (χ0n) is 7.60. The fourth-order valence-corrected chi connectivity index (χ4v) is 1.58. The van der Waals surface area contributed by atoms with Gasteiger partial charge in [0.2, 0.25) is 0 Å². The lowest BCUT2D eigenvalue weighted by atomic mass is 10.1. The molecule has 3 heteroatoms. The molecule has 0 rings (SSSR count).